The molecule has 1 aliphatic rings. The normalized spacial score (nSPS) is 15.4. The highest BCUT2D eigenvalue weighted by Crippen LogP contribution is 2.40. The van der Waals surface area contributed by atoms with E-state index in [1.54, 1.807) is 33.1 Å². The van der Waals surface area contributed by atoms with E-state index in [1.807, 2.05) is 42.2 Å². The average molecular weight is 445 g/mol. The van der Waals surface area contributed by atoms with E-state index in [0.717, 1.165) is 44.0 Å². The van der Waals surface area contributed by atoms with Crippen molar-refractivity contribution in [3.8, 4) is 17.2 Å². The molecule has 1 aliphatic heterocycles. The van der Waals surface area contributed by atoms with E-state index < -0.39 is 0 Å². The summed E-state index contributed by atoms with van der Waals surface area (Å²) in [7, 11) is 4.88. The monoisotopic (exact) mass is 444 g/mol. The Morgan fingerprint density at radius 1 is 0.935 bits per heavy atom. The Balaban J connectivity index is 1.53. The largest absolute Gasteiger partial charge is 0.493 e. The first-order valence-corrected chi connectivity index (χ1v) is 11.6. The molecule has 0 saturated carbocycles. The first kappa shape index (κ1) is 23.3. The predicted molar refractivity (Wildman–Crippen MR) is 125 cm³/mol. The molecule has 1 atom stereocenters. The van der Waals surface area contributed by atoms with Gasteiger partial charge in [-0.1, -0.05) is 36.4 Å². The Labute approximate surface area is 189 Å². The van der Waals surface area contributed by atoms with Crippen LogP contribution in [0.2, 0.25) is 0 Å². The lowest BCUT2D eigenvalue weighted by Gasteiger charge is -2.36. The smallest absolute Gasteiger partial charge is 0.235 e. The lowest BCUT2D eigenvalue weighted by molar-refractivity contribution is -0.132. The highest BCUT2D eigenvalue weighted by atomic mass is 32.2. The van der Waals surface area contributed by atoms with Crippen molar-refractivity contribution in [3.05, 3.63) is 53.6 Å². The molecule has 0 radical (unpaired) electrons. The van der Waals surface area contributed by atoms with E-state index in [2.05, 4.69) is 17.0 Å². The quantitative estimate of drug-likeness (QED) is 0.588. The summed E-state index contributed by atoms with van der Waals surface area (Å²) in [5, 5.41) is -0.0438. The number of hydrogen-bond acceptors (Lipinski definition) is 6. The van der Waals surface area contributed by atoms with Crippen molar-refractivity contribution in [3.63, 3.8) is 0 Å². The lowest BCUT2D eigenvalue weighted by atomic mass is 10.1. The molecule has 1 fully saturated rings. The molecule has 2 aromatic rings. The molecule has 2 aromatic carbocycles. The Hall–Kier alpha value is -2.38. The van der Waals surface area contributed by atoms with Gasteiger partial charge in [-0.25, -0.2) is 0 Å². The van der Waals surface area contributed by atoms with Gasteiger partial charge >= 0.3 is 0 Å². The van der Waals surface area contributed by atoms with Crippen molar-refractivity contribution in [2.75, 3.05) is 47.5 Å². The van der Waals surface area contributed by atoms with Crippen LogP contribution in [0.25, 0.3) is 0 Å². The van der Waals surface area contributed by atoms with Crippen molar-refractivity contribution in [1.29, 1.82) is 0 Å². The minimum Gasteiger partial charge on any atom is -0.493 e. The van der Waals surface area contributed by atoms with Crippen LogP contribution >= 0.6 is 11.8 Å². The average Bonchev–Trinajstić information content (AvgIpc) is 2.82. The summed E-state index contributed by atoms with van der Waals surface area (Å²) >= 11 is 1.70. The fraction of sp³-hybridized carbons (Fsp3) is 0.458. The third-order valence-corrected chi connectivity index (χ3v) is 6.76. The van der Waals surface area contributed by atoms with Crippen molar-refractivity contribution < 1.29 is 19.0 Å². The van der Waals surface area contributed by atoms with Gasteiger partial charge in [0.1, 0.15) is 0 Å². The summed E-state index contributed by atoms with van der Waals surface area (Å²) in [5.41, 5.74) is 2.30. The van der Waals surface area contributed by atoms with Gasteiger partial charge < -0.3 is 19.1 Å². The van der Waals surface area contributed by atoms with Crippen LogP contribution in [0.4, 0.5) is 0 Å². The molecule has 1 unspecified atom stereocenters. The van der Waals surface area contributed by atoms with Crippen molar-refractivity contribution in [2.45, 2.75) is 24.5 Å². The van der Waals surface area contributed by atoms with Crippen LogP contribution in [-0.2, 0) is 17.1 Å². The fourth-order valence-corrected chi connectivity index (χ4v) is 4.71. The zero-order valence-corrected chi connectivity index (χ0v) is 19.6. The molecule has 7 heteroatoms. The molecule has 1 amide bonds. The molecule has 168 valence electrons. The van der Waals surface area contributed by atoms with Crippen LogP contribution in [0.5, 0.6) is 17.2 Å². The second kappa shape index (κ2) is 11.3. The molecule has 0 spiro atoms. The maximum atomic E-state index is 12.9. The molecule has 6 nitrogen and oxygen atoms in total. The number of nitrogens with zero attached hydrogens (tertiary/aromatic N) is 2. The topological polar surface area (TPSA) is 51.2 Å². The number of amides is 1. The van der Waals surface area contributed by atoms with Crippen LogP contribution < -0.4 is 14.2 Å². The molecule has 0 N–H and O–H groups in total. The van der Waals surface area contributed by atoms with Crippen LogP contribution in [-0.4, -0.2) is 68.5 Å². The summed E-state index contributed by atoms with van der Waals surface area (Å²) in [6.45, 7) is 5.90. The highest BCUT2D eigenvalue weighted by Gasteiger charge is 2.26. The number of piperazine rings is 1. The number of rotatable bonds is 9. The second-order valence-electron chi connectivity index (χ2n) is 7.53. The first-order valence-electron chi connectivity index (χ1n) is 10.5. The number of thioether (sulfide) groups is 1. The molecule has 31 heavy (non-hydrogen) atoms. The Morgan fingerprint density at radius 3 is 2.23 bits per heavy atom. The molecule has 0 bridgehead atoms. The summed E-state index contributed by atoms with van der Waals surface area (Å²) in [4.78, 5) is 17.2. The SMILES string of the molecule is COc1ccc(CN2CCN(C(=O)C(C)SCc3ccccc3)CC2)c(OC)c1OC. The van der Waals surface area contributed by atoms with Gasteiger partial charge in [0.05, 0.1) is 26.6 Å². The van der Waals surface area contributed by atoms with E-state index in [0.29, 0.717) is 17.2 Å². The summed E-state index contributed by atoms with van der Waals surface area (Å²) in [5.74, 6) is 3.05. The number of benzene rings is 2. The summed E-state index contributed by atoms with van der Waals surface area (Å²) in [6, 6.07) is 14.2. The third kappa shape index (κ3) is 5.86. The zero-order valence-electron chi connectivity index (χ0n) is 18.8. The first-order chi connectivity index (χ1) is 15.1. The van der Waals surface area contributed by atoms with Gasteiger partial charge in [0, 0.05) is 44.0 Å². The minimum absolute atomic E-state index is 0.0438. The van der Waals surface area contributed by atoms with Crippen LogP contribution in [0.3, 0.4) is 0 Å². The fourth-order valence-electron chi connectivity index (χ4n) is 3.78. The van der Waals surface area contributed by atoms with E-state index in [-0.39, 0.29) is 11.2 Å². The van der Waals surface area contributed by atoms with Gasteiger partial charge in [-0.2, -0.15) is 0 Å². The van der Waals surface area contributed by atoms with Gasteiger partial charge in [0.15, 0.2) is 11.5 Å². The van der Waals surface area contributed by atoms with Gasteiger partial charge in [0.25, 0.3) is 0 Å². The zero-order chi connectivity index (χ0) is 22.2. The van der Waals surface area contributed by atoms with Gasteiger partial charge in [-0.05, 0) is 18.6 Å². The third-order valence-electron chi connectivity index (χ3n) is 5.55. The van der Waals surface area contributed by atoms with Crippen LogP contribution in [0.15, 0.2) is 42.5 Å². The van der Waals surface area contributed by atoms with Crippen molar-refractivity contribution in [2.24, 2.45) is 0 Å². The number of carbonyl (C=O) groups excluding carboxylic acids is 1. The summed E-state index contributed by atoms with van der Waals surface area (Å²) in [6.07, 6.45) is 0. The molecule has 1 heterocycles. The molecular formula is C24H32N2O4S. The molecule has 0 aliphatic carbocycles. The molecule has 1 saturated heterocycles. The Morgan fingerprint density at radius 2 is 1.61 bits per heavy atom. The standard InChI is InChI=1S/C24H32N2O4S/c1-18(31-17-19-8-6-5-7-9-19)24(27)26-14-12-25(13-15-26)16-20-10-11-21(28-2)23(30-4)22(20)29-3/h5-11,18H,12-17H2,1-4H3. The maximum Gasteiger partial charge on any atom is 0.235 e. The molecule has 0 aromatic heterocycles. The highest BCUT2D eigenvalue weighted by molar-refractivity contribution is 7.99. The van der Waals surface area contributed by atoms with E-state index >= 15 is 0 Å². The van der Waals surface area contributed by atoms with Crippen LogP contribution in [0.1, 0.15) is 18.1 Å². The number of methoxy groups -OCH3 is 3. The predicted octanol–water partition coefficient (Wildman–Crippen LogP) is 3.68. The van der Waals surface area contributed by atoms with Gasteiger partial charge in [-0.3, -0.25) is 9.69 Å². The van der Waals surface area contributed by atoms with Crippen LogP contribution in [0, 0.1) is 0 Å². The molecular weight excluding hydrogens is 412 g/mol. The van der Waals surface area contributed by atoms with Crippen molar-refractivity contribution >= 4 is 17.7 Å². The maximum absolute atomic E-state index is 12.9. The minimum atomic E-state index is -0.0438. The molecule has 3 rings (SSSR count). The lowest BCUT2D eigenvalue weighted by Crippen LogP contribution is -2.50. The number of ether oxygens (including phenoxy) is 3. The van der Waals surface area contributed by atoms with Gasteiger partial charge in [-0.15, -0.1) is 11.8 Å². The second-order valence-corrected chi connectivity index (χ2v) is 8.86. The van der Waals surface area contributed by atoms with Crippen molar-refractivity contribution in [1.82, 2.24) is 9.80 Å². The summed E-state index contributed by atoms with van der Waals surface area (Å²) < 4.78 is 16.5. The Kier molecular flexibility index (Phi) is 8.49. The number of hydrogen-bond donors (Lipinski definition) is 0. The van der Waals surface area contributed by atoms with E-state index in [4.69, 9.17) is 14.2 Å². The number of carbonyl (C=O) groups is 1. The van der Waals surface area contributed by atoms with E-state index in [1.165, 1.54) is 5.56 Å². The van der Waals surface area contributed by atoms with E-state index in [9.17, 15) is 4.79 Å². The Bertz CT molecular complexity index is 854. The van der Waals surface area contributed by atoms with Gasteiger partial charge in [0.2, 0.25) is 11.7 Å².